The van der Waals surface area contributed by atoms with Crippen LogP contribution in [0.3, 0.4) is 0 Å². The number of halogens is 5. The first-order valence-electron chi connectivity index (χ1n) is 7.73. The molecule has 0 aliphatic heterocycles. The van der Waals surface area contributed by atoms with Crippen LogP contribution in [0.2, 0.25) is 0 Å². The van der Waals surface area contributed by atoms with Crippen molar-refractivity contribution in [1.29, 1.82) is 0 Å². The van der Waals surface area contributed by atoms with E-state index < -0.39 is 0 Å². The lowest BCUT2D eigenvalue weighted by molar-refractivity contribution is 0.195. The van der Waals surface area contributed by atoms with E-state index in [1.54, 1.807) is 0 Å². The lowest BCUT2D eigenvalue weighted by Gasteiger charge is -2.28. The molecule has 1 nitrogen and oxygen atoms in total. The van der Waals surface area contributed by atoms with Crippen molar-refractivity contribution in [3.05, 3.63) is 30.3 Å². The third-order valence-electron chi connectivity index (χ3n) is 4.13. The summed E-state index contributed by atoms with van der Waals surface area (Å²) in [5.41, 5.74) is 0. The Morgan fingerprint density at radius 1 is 0.875 bits per heavy atom. The summed E-state index contributed by atoms with van der Waals surface area (Å²) in [4.78, 5) is 1.21. The second-order valence-corrected chi connectivity index (χ2v) is 6.58. The van der Waals surface area contributed by atoms with Gasteiger partial charge in [-0.25, -0.2) is 0 Å². The van der Waals surface area contributed by atoms with Crippen LogP contribution < -0.4 is 0 Å². The van der Waals surface area contributed by atoms with Crippen molar-refractivity contribution < 1.29 is 27.7 Å². The molecule has 1 fully saturated rings. The molecule has 0 bridgehead atoms. The van der Waals surface area contributed by atoms with Crippen LogP contribution in [0.4, 0.5) is 23.5 Å². The van der Waals surface area contributed by atoms with Crippen molar-refractivity contribution >= 4 is 12.0 Å². The molecule has 1 aromatic carbocycles. The van der Waals surface area contributed by atoms with Crippen molar-refractivity contribution in [3.8, 4) is 0 Å². The molecule has 0 heterocycles. The zero-order valence-electron chi connectivity index (χ0n) is 14.1. The van der Waals surface area contributed by atoms with E-state index in [2.05, 4.69) is 31.2 Å². The molecule has 2 rings (SSSR count). The minimum Gasteiger partial charge on any atom is -0.310 e. The fourth-order valence-corrected chi connectivity index (χ4v) is 3.52. The zero-order valence-corrected chi connectivity index (χ0v) is 14.9. The van der Waals surface area contributed by atoms with Gasteiger partial charge in [-0.2, -0.15) is 0 Å². The van der Waals surface area contributed by atoms with Gasteiger partial charge in [0.1, 0.15) is 0 Å². The highest BCUT2D eigenvalue weighted by molar-refractivity contribution is 7.94. The molecule has 0 atom stereocenters. The van der Waals surface area contributed by atoms with E-state index in [9.17, 15) is 0 Å². The Morgan fingerprint density at radius 3 is 1.96 bits per heavy atom. The Bertz CT molecular complexity index is 348. The topological polar surface area (TPSA) is 9.23 Å². The maximum absolute atomic E-state index is 5.79. The van der Waals surface area contributed by atoms with Crippen LogP contribution in [0.1, 0.15) is 51.9 Å². The highest BCUT2D eigenvalue weighted by Gasteiger charge is 2.20. The number of hydrogen-bond acceptors (Lipinski definition) is 2. The first-order valence-corrected chi connectivity index (χ1v) is 8.47. The van der Waals surface area contributed by atoms with E-state index in [1.807, 2.05) is 6.07 Å². The summed E-state index contributed by atoms with van der Waals surface area (Å²) in [5.74, 6) is 1.78. The standard InChI is InChI=1S/C17H26OS.5FH/c1-2-3-7-15-10-12-16(13-11-15)14-18-19-17-8-5-4-6-9-17;;;;;/h4-6,8-9,15-16H,2-3,7,10-14H2,1H3;5*1H. The van der Waals surface area contributed by atoms with Crippen molar-refractivity contribution in [2.45, 2.75) is 56.8 Å². The molecule has 24 heavy (non-hydrogen) atoms. The largest absolute Gasteiger partial charge is 0.310 e. The van der Waals surface area contributed by atoms with Crippen molar-refractivity contribution in [1.82, 2.24) is 0 Å². The van der Waals surface area contributed by atoms with Gasteiger partial charge in [-0.1, -0.05) is 57.2 Å². The van der Waals surface area contributed by atoms with Crippen LogP contribution >= 0.6 is 12.0 Å². The number of rotatable bonds is 7. The first-order chi connectivity index (χ1) is 9.38. The van der Waals surface area contributed by atoms with Gasteiger partial charge in [-0.15, -0.1) is 0 Å². The van der Waals surface area contributed by atoms with Crippen LogP contribution in [0.15, 0.2) is 35.2 Å². The van der Waals surface area contributed by atoms with Crippen molar-refractivity contribution in [3.63, 3.8) is 0 Å². The Kier molecular flexibility index (Phi) is 23.9. The molecule has 0 aromatic heterocycles. The van der Waals surface area contributed by atoms with Gasteiger partial charge in [-0.05, 0) is 36.8 Å². The minimum absolute atomic E-state index is 0. The minimum atomic E-state index is 0. The van der Waals surface area contributed by atoms with Crippen LogP contribution in [0.25, 0.3) is 0 Å². The molecule has 1 saturated carbocycles. The van der Waals surface area contributed by atoms with Crippen molar-refractivity contribution in [2.24, 2.45) is 11.8 Å². The lowest BCUT2D eigenvalue weighted by atomic mass is 9.80. The smallest absolute Gasteiger partial charge is 0.0646 e. The molecule has 0 radical (unpaired) electrons. The quantitative estimate of drug-likeness (QED) is 0.397. The van der Waals surface area contributed by atoms with Gasteiger partial charge in [0, 0.05) is 16.9 Å². The number of benzene rings is 1. The fraction of sp³-hybridized carbons (Fsp3) is 0.647. The molecule has 0 unspecified atom stereocenters. The van der Waals surface area contributed by atoms with Gasteiger partial charge in [-0.3, -0.25) is 23.5 Å². The fourth-order valence-electron chi connectivity index (χ4n) is 2.85. The Morgan fingerprint density at radius 2 is 1.42 bits per heavy atom. The molecule has 0 N–H and O–H groups in total. The molecule has 1 aromatic rings. The molecule has 0 saturated heterocycles. The molecular weight excluding hydrogens is 347 g/mol. The van der Waals surface area contributed by atoms with Crippen LogP contribution in [-0.2, 0) is 4.18 Å². The molecule has 146 valence electrons. The Balaban J connectivity index is -0.000000400. The van der Waals surface area contributed by atoms with E-state index >= 15 is 0 Å². The van der Waals surface area contributed by atoms with E-state index in [0.29, 0.717) is 0 Å². The highest BCUT2D eigenvalue weighted by atomic mass is 32.2. The molecule has 0 spiro atoms. The van der Waals surface area contributed by atoms with Gasteiger partial charge in [0.15, 0.2) is 0 Å². The summed E-state index contributed by atoms with van der Waals surface area (Å²) >= 11 is 1.53. The zero-order chi connectivity index (χ0) is 13.3. The van der Waals surface area contributed by atoms with Gasteiger partial charge in [0.25, 0.3) is 0 Å². The van der Waals surface area contributed by atoms with Crippen LogP contribution in [0.5, 0.6) is 0 Å². The lowest BCUT2D eigenvalue weighted by Crippen LogP contribution is -2.17. The summed E-state index contributed by atoms with van der Waals surface area (Å²) < 4.78 is 5.79. The Labute approximate surface area is 146 Å². The molecular formula is C17H31F5OS. The molecule has 7 heteroatoms. The molecule has 1 aliphatic carbocycles. The van der Waals surface area contributed by atoms with Crippen molar-refractivity contribution in [2.75, 3.05) is 6.61 Å². The normalized spacial score (nSPS) is 18.5. The SMILES string of the molecule is CCCCC1CCC(COSc2ccccc2)CC1.F.F.F.F.F. The summed E-state index contributed by atoms with van der Waals surface area (Å²) in [6, 6.07) is 10.4. The number of unbranched alkanes of at least 4 members (excludes halogenated alkanes) is 1. The molecule has 0 amide bonds. The van der Waals surface area contributed by atoms with Gasteiger partial charge in [0.2, 0.25) is 0 Å². The Hall–Kier alpha value is -0.820. The van der Waals surface area contributed by atoms with Gasteiger partial charge < -0.3 is 4.18 Å². The maximum atomic E-state index is 5.79. The highest BCUT2D eigenvalue weighted by Crippen LogP contribution is 2.33. The van der Waals surface area contributed by atoms with Gasteiger partial charge in [0.05, 0.1) is 6.61 Å². The van der Waals surface area contributed by atoms with E-state index in [0.717, 1.165) is 18.4 Å². The van der Waals surface area contributed by atoms with E-state index in [4.69, 9.17) is 4.18 Å². The molecule has 1 aliphatic rings. The average molecular weight is 378 g/mol. The van der Waals surface area contributed by atoms with E-state index in [1.165, 1.54) is 61.9 Å². The third kappa shape index (κ3) is 11.7. The predicted octanol–water partition coefficient (Wildman–Crippen LogP) is 6.47. The summed E-state index contributed by atoms with van der Waals surface area (Å²) in [5, 5.41) is 0. The summed E-state index contributed by atoms with van der Waals surface area (Å²) in [6.07, 6.45) is 9.77. The number of hydrogen-bond donors (Lipinski definition) is 0. The first kappa shape index (κ1) is 31.0. The van der Waals surface area contributed by atoms with Gasteiger partial charge >= 0.3 is 0 Å². The monoisotopic (exact) mass is 378 g/mol. The van der Waals surface area contributed by atoms with Crippen LogP contribution in [-0.4, -0.2) is 6.61 Å². The third-order valence-corrected chi connectivity index (χ3v) is 4.85. The summed E-state index contributed by atoms with van der Waals surface area (Å²) in [7, 11) is 0. The van der Waals surface area contributed by atoms with E-state index in [-0.39, 0.29) is 23.5 Å². The maximum Gasteiger partial charge on any atom is 0.0646 e. The predicted molar refractivity (Wildman–Crippen MR) is 95.7 cm³/mol. The summed E-state index contributed by atoms with van der Waals surface area (Å²) in [6.45, 7) is 3.21. The average Bonchev–Trinajstić information content (AvgIpc) is 2.47. The van der Waals surface area contributed by atoms with Crippen LogP contribution in [0, 0.1) is 11.8 Å². The second kappa shape index (κ2) is 18.5. The second-order valence-electron chi connectivity index (χ2n) is 5.71.